The summed E-state index contributed by atoms with van der Waals surface area (Å²) in [5.41, 5.74) is 3.89. The maximum Gasteiger partial charge on any atom is 0.330 e. The van der Waals surface area contributed by atoms with Crippen LogP contribution in [0.4, 0.5) is 22.3 Å². The van der Waals surface area contributed by atoms with Crippen molar-refractivity contribution in [3.63, 3.8) is 0 Å². The molecule has 1 aliphatic rings. The predicted molar refractivity (Wildman–Crippen MR) is 110 cm³/mol. The molecule has 5 rings (SSSR count). The third-order valence-electron chi connectivity index (χ3n) is 4.84. The summed E-state index contributed by atoms with van der Waals surface area (Å²) >= 11 is 1.38. The van der Waals surface area contributed by atoms with E-state index in [1.165, 1.54) is 29.9 Å². The minimum absolute atomic E-state index is 0.433. The summed E-state index contributed by atoms with van der Waals surface area (Å²) < 4.78 is 0.940. The second kappa shape index (κ2) is 6.49. The van der Waals surface area contributed by atoms with E-state index in [0.29, 0.717) is 5.13 Å². The summed E-state index contributed by atoms with van der Waals surface area (Å²) in [6, 6.07) is 12.3. The molecule has 132 valence electrons. The highest BCUT2D eigenvalue weighted by Crippen LogP contribution is 2.37. The van der Waals surface area contributed by atoms with Crippen molar-refractivity contribution in [2.45, 2.75) is 12.8 Å². The highest BCUT2D eigenvalue weighted by molar-refractivity contribution is 7.23. The summed E-state index contributed by atoms with van der Waals surface area (Å²) in [4.78, 5) is 19.1. The average Bonchev–Trinajstić information content (AvgIpc) is 3.38. The van der Waals surface area contributed by atoms with Gasteiger partial charge < -0.3 is 15.1 Å². The molecule has 1 aliphatic heterocycles. The molecule has 1 saturated heterocycles. The highest BCUT2D eigenvalue weighted by Gasteiger charge is 2.15. The van der Waals surface area contributed by atoms with Gasteiger partial charge >= 0.3 is 5.13 Å². The molecule has 6 nitrogen and oxygen atoms in total. The van der Waals surface area contributed by atoms with E-state index < -0.39 is 0 Å². The summed E-state index contributed by atoms with van der Waals surface area (Å²) in [6.07, 6.45) is 4.10. The molecule has 0 spiro atoms. The van der Waals surface area contributed by atoms with Crippen molar-refractivity contribution in [2.24, 2.45) is 0 Å². The van der Waals surface area contributed by atoms with Crippen molar-refractivity contribution in [1.29, 1.82) is 0 Å². The van der Waals surface area contributed by atoms with E-state index in [0.717, 1.165) is 45.7 Å². The van der Waals surface area contributed by atoms with Crippen LogP contribution < -0.4 is 10.2 Å². The molecular weight excluding hydrogens is 356 g/mol. The first-order valence-electron chi connectivity index (χ1n) is 8.85. The normalized spacial score (nSPS) is 14.0. The van der Waals surface area contributed by atoms with E-state index in [2.05, 4.69) is 54.3 Å². The van der Waals surface area contributed by atoms with E-state index in [1.54, 1.807) is 6.33 Å². The first-order valence-corrected chi connectivity index (χ1v) is 9.67. The van der Waals surface area contributed by atoms with Gasteiger partial charge in [0, 0.05) is 24.5 Å². The molecule has 0 radical (unpaired) electrons. The molecule has 1 N–H and O–H groups in total. The molecule has 0 aliphatic carbocycles. The summed E-state index contributed by atoms with van der Waals surface area (Å²) in [5.74, 6) is 0.736. The first-order chi connectivity index (χ1) is 13.3. The lowest BCUT2D eigenvalue weighted by molar-refractivity contribution is 0.949. The maximum absolute atomic E-state index is 7.23. The molecular formula is C20H16N6S. The standard InChI is InChI=1S/C20H16N6S/c1-21-20-25-16-9-8-15-17(18(16)27-20)19(23-12-22-15)24-13-4-6-14(7-5-13)26-10-2-3-11-26/h4-9,12H,2-3,10-11H2,(H,22,23,24). The summed E-state index contributed by atoms with van der Waals surface area (Å²) in [7, 11) is 0. The Hall–Kier alpha value is -3.24. The van der Waals surface area contributed by atoms with Crippen LogP contribution >= 0.6 is 11.3 Å². The van der Waals surface area contributed by atoms with Crippen LogP contribution in [0.1, 0.15) is 12.8 Å². The topological polar surface area (TPSA) is 58.3 Å². The van der Waals surface area contributed by atoms with Gasteiger partial charge in [0.05, 0.1) is 15.6 Å². The number of nitrogens with zero attached hydrogens (tertiary/aromatic N) is 5. The van der Waals surface area contributed by atoms with Crippen molar-refractivity contribution in [3.8, 4) is 0 Å². The van der Waals surface area contributed by atoms with E-state index in [4.69, 9.17) is 6.57 Å². The van der Waals surface area contributed by atoms with Gasteiger partial charge in [0.2, 0.25) is 0 Å². The lowest BCUT2D eigenvalue weighted by Crippen LogP contribution is -2.17. The minimum atomic E-state index is 0.433. The number of hydrogen-bond donors (Lipinski definition) is 1. The molecule has 0 amide bonds. The van der Waals surface area contributed by atoms with Gasteiger partial charge in [0.25, 0.3) is 0 Å². The molecule has 3 heterocycles. The summed E-state index contributed by atoms with van der Waals surface area (Å²) in [5, 5.41) is 4.76. The van der Waals surface area contributed by atoms with Gasteiger partial charge in [-0.3, -0.25) is 0 Å². The van der Waals surface area contributed by atoms with Crippen molar-refractivity contribution < 1.29 is 0 Å². The monoisotopic (exact) mass is 372 g/mol. The lowest BCUT2D eigenvalue weighted by Gasteiger charge is -2.18. The smallest absolute Gasteiger partial charge is 0.330 e. The Bertz CT molecular complexity index is 1170. The molecule has 7 heteroatoms. The van der Waals surface area contributed by atoms with Crippen LogP contribution in [0.3, 0.4) is 0 Å². The van der Waals surface area contributed by atoms with E-state index in [1.807, 2.05) is 12.1 Å². The van der Waals surface area contributed by atoms with E-state index in [-0.39, 0.29) is 0 Å². The molecule has 27 heavy (non-hydrogen) atoms. The van der Waals surface area contributed by atoms with Crippen molar-refractivity contribution >= 4 is 54.8 Å². The molecule has 2 aromatic heterocycles. The van der Waals surface area contributed by atoms with Gasteiger partial charge in [-0.15, -0.1) is 16.3 Å². The van der Waals surface area contributed by atoms with Crippen molar-refractivity contribution in [3.05, 3.63) is 54.1 Å². The SMILES string of the molecule is [C-]#[N+]c1nc2ccc3ncnc(Nc4ccc(N5CCCC5)cc4)c3c2s1. The van der Waals surface area contributed by atoms with E-state index >= 15 is 0 Å². The predicted octanol–water partition coefficient (Wildman–Crippen LogP) is 5.13. The number of nitrogens with one attached hydrogen (secondary N) is 1. The van der Waals surface area contributed by atoms with Crippen molar-refractivity contribution in [1.82, 2.24) is 15.0 Å². The number of rotatable bonds is 3. The Labute approximate surface area is 160 Å². The van der Waals surface area contributed by atoms with Gasteiger partial charge in [-0.1, -0.05) is 6.57 Å². The Morgan fingerprint density at radius 2 is 1.78 bits per heavy atom. The molecule has 4 aromatic rings. The number of anilines is 3. The zero-order valence-corrected chi connectivity index (χ0v) is 15.3. The first kappa shape index (κ1) is 16.0. The molecule has 2 aromatic carbocycles. The van der Waals surface area contributed by atoms with Crippen LogP contribution in [0.15, 0.2) is 42.7 Å². The second-order valence-corrected chi connectivity index (χ2v) is 7.48. The third kappa shape index (κ3) is 2.84. The lowest BCUT2D eigenvalue weighted by atomic mass is 10.2. The zero-order chi connectivity index (χ0) is 18.2. The number of fused-ring (bicyclic) bond motifs is 3. The zero-order valence-electron chi connectivity index (χ0n) is 14.5. The number of thiazole rings is 1. The third-order valence-corrected chi connectivity index (χ3v) is 5.82. The second-order valence-electron chi connectivity index (χ2n) is 6.50. The van der Waals surface area contributed by atoms with Crippen molar-refractivity contribution in [2.75, 3.05) is 23.3 Å². The van der Waals surface area contributed by atoms with Crippen LogP contribution in [0.5, 0.6) is 0 Å². The number of aromatic nitrogens is 3. The fourth-order valence-corrected chi connectivity index (χ4v) is 4.42. The molecule has 1 fully saturated rings. The Kier molecular flexibility index (Phi) is 3.84. The van der Waals surface area contributed by atoms with Crippen LogP contribution in [-0.4, -0.2) is 28.0 Å². The average molecular weight is 372 g/mol. The number of benzene rings is 2. The highest BCUT2D eigenvalue weighted by atomic mass is 32.1. The van der Waals surface area contributed by atoms with Gasteiger partial charge in [-0.25, -0.2) is 9.97 Å². The molecule has 0 unspecified atom stereocenters. The van der Waals surface area contributed by atoms with Gasteiger partial charge in [-0.05, 0) is 49.2 Å². The van der Waals surface area contributed by atoms with E-state index in [9.17, 15) is 0 Å². The number of hydrogen-bond acceptors (Lipinski definition) is 6. The Morgan fingerprint density at radius 1 is 1.00 bits per heavy atom. The Morgan fingerprint density at radius 3 is 2.56 bits per heavy atom. The fourth-order valence-electron chi connectivity index (χ4n) is 3.53. The van der Waals surface area contributed by atoms with Gasteiger partial charge in [0.15, 0.2) is 5.52 Å². The van der Waals surface area contributed by atoms with Crippen LogP contribution in [-0.2, 0) is 0 Å². The molecule has 0 saturated carbocycles. The Balaban J connectivity index is 1.54. The fraction of sp³-hybridized carbons (Fsp3) is 0.200. The van der Waals surface area contributed by atoms with Gasteiger partial charge in [-0.2, -0.15) is 0 Å². The maximum atomic E-state index is 7.23. The molecule has 0 bridgehead atoms. The van der Waals surface area contributed by atoms with Crippen LogP contribution in [0.2, 0.25) is 0 Å². The molecule has 0 atom stereocenters. The quantitative estimate of drug-likeness (QED) is 0.505. The minimum Gasteiger partial charge on any atom is -0.372 e. The largest absolute Gasteiger partial charge is 0.372 e. The summed E-state index contributed by atoms with van der Waals surface area (Å²) in [6.45, 7) is 9.50. The van der Waals surface area contributed by atoms with Crippen LogP contribution in [0, 0.1) is 6.57 Å². The van der Waals surface area contributed by atoms with Gasteiger partial charge in [0.1, 0.15) is 12.1 Å². The van der Waals surface area contributed by atoms with Crippen LogP contribution in [0.25, 0.3) is 26.0 Å².